The van der Waals surface area contributed by atoms with Gasteiger partial charge in [-0.25, -0.2) is 12.8 Å². The standard InChI is InChI=1S/C14H20FNO2S/c1-9-3-10(2)5-13(4-9)19(17,18)14-7-11(15)6-12(16)8-14/h6-10,13H,3-5,16H2,1-2H3. The normalized spacial score (nSPS) is 28.3. The van der Waals surface area contributed by atoms with Crippen molar-refractivity contribution in [1.82, 2.24) is 0 Å². The Kier molecular flexibility index (Phi) is 3.85. The highest BCUT2D eigenvalue weighted by Crippen LogP contribution is 2.35. The van der Waals surface area contributed by atoms with Gasteiger partial charge in [0.25, 0.3) is 0 Å². The van der Waals surface area contributed by atoms with E-state index in [0.717, 1.165) is 18.6 Å². The average molecular weight is 285 g/mol. The van der Waals surface area contributed by atoms with Gasteiger partial charge in [0.1, 0.15) is 5.82 Å². The van der Waals surface area contributed by atoms with Crippen molar-refractivity contribution in [2.75, 3.05) is 5.73 Å². The molecule has 0 spiro atoms. The number of nitrogens with two attached hydrogens (primary N) is 1. The molecular weight excluding hydrogens is 265 g/mol. The summed E-state index contributed by atoms with van der Waals surface area (Å²) in [6.07, 6.45) is 2.34. The monoisotopic (exact) mass is 285 g/mol. The summed E-state index contributed by atoms with van der Waals surface area (Å²) in [5, 5.41) is -0.424. The summed E-state index contributed by atoms with van der Waals surface area (Å²) in [5.74, 6) is 0.166. The quantitative estimate of drug-likeness (QED) is 0.850. The van der Waals surface area contributed by atoms with E-state index in [1.54, 1.807) is 0 Å². The second-order valence-electron chi connectivity index (χ2n) is 5.80. The average Bonchev–Trinajstić information content (AvgIpc) is 2.26. The van der Waals surface area contributed by atoms with Crippen molar-refractivity contribution in [3.05, 3.63) is 24.0 Å². The number of rotatable bonds is 2. The third kappa shape index (κ3) is 3.08. The fourth-order valence-electron chi connectivity index (χ4n) is 3.07. The highest BCUT2D eigenvalue weighted by Gasteiger charge is 2.34. The van der Waals surface area contributed by atoms with Crippen LogP contribution in [0.15, 0.2) is 23.1 Å². The van der Waals surface area contributed by atoms with Gasteiger partial charge in [0.2, 0.25) is 0 Å². The van der Waals surface area contributed by atoms with E-state index in [-0.39, 0.29) is 10.6 Å². The van der Waals surface area contributed by atoms with Gasteiger partial charge in [-0.1, -0.05) is 13.8 Å². The van der Waals surface area contributed by atoms with Crippen molar-refractivity contribution < 1.29 is 12.8 Å². The van der Waals surface area contributed by atoms with Gasteiger partial charge in [-0.15, -0.1) is 0 Å². The Bertz CT molecular complexity index is 541. The summed E-state index contributed by atoms with van der Waals surface area (Å²) in [6, 6.07) is 3.54. The number of halogens is 1. The lowest BCUT2D eigenvalue weighted by Gasteiger charge is -2.31. The molecule has 1 aliphatic carbocycles. The van der Waals surface area contributed by atoms with Crippen LogP contribution in [0, 0.1) is 17.7 Å². The second-order valence-corrected chi connectivity index (χ2v) is 8.03. The molecule has 1 aromatic rings. The van der Waals surface area contributed by atoms with Crippen LogP contribution in [0.4, 0.5) is 10.1 Å². The van der Waals surface area contributed by atoms with Gasteiger partial charge in [-0.05, 0) is 49.3 Å². The lowest BCUT2D eigenvalue weighted by molar-refractivity contribution is 0.301. The summed E-state index contributed by atoms with van der Waals surface area (Å²) >= 11 is 0. The minimum absolute atomic E-state index is 0.0105. The first-order valence-electron chi connectivity index (χ1n) is 6.59. The lowest BCUT2D eigenvalue weighted by atomic mass is 9.83. The topological polar surface area (TPSA) is 60.2 Å². The maximum atomic E-state index is 13.3. The second kappa shape index (κ2) is 5.12. The molecule has 2 atom stereocenters. The van der Waals surface area contributed by atoms with Gasteiger partial charge in [0.15, 0.2) is 9.84 Å². The van der Waals surface area contributed by atoms with E-state index in [9.17, 15) is 12.8 Å². The Morgan fingerprint density at radius 3 is 2.21 bits per heavy atom. The van der Waals surface area contributed by atoms with Crippen LogP contribution < -0.4 is 5.73 Å². The molecule has 2 rings (SSSR count). The molecule has 5 heteroatoms. The number of hydrogen-bond donors (Lipinski definition) is 1. The van der Waals surface area contributed by atoms with Crippen LogP contribution in [0.2, 0.25) is 0 Å². The highest BCUT2D eigenvalue weighted by atomic mass is 32.2. The van der Waals surface area contributed by atoms with E-state index in [1.165, 1.54) is 6.07 Å². The number of benzene rings is 1. The maximum Gasteiger partial charge on any atom is 0.181 e. The fraction of sp³-hybridized carbons (Fsp3) is 0.571. The van der Waals surface area contributed by atoms with Crippen LogP contribution in [-0.2, 0) is 9.84 Å². The van der Waals surface area contributed by atoms with Gasteiger partial charge >= 0.3 is 0 Å². The van der Waals surface area contributed by atoms with Crippen molar-refractivity contribution in [2.45, 2.75) is 43.3 Å². The molecule has 106 valence electrons. The Balaban J connectivity index is 2.36. The summed E-state index contributed by atoms with van der Waals surface area (Å²) in [6.45, 7) is 4.14. The van der Waals surface area contributed by atoms with Crippen molar-refractivity contribution in [1.29, 1.82) is 0 Å². The minimum atomic E-state index is -3.49. The zero-order valence-corrected chi connectivity index (χ0v) is 12.1. The third-order valence-corrected chi connectivity index (χ3v) is 5.95. The smallest absolute Gasteiger partial charge is 0.181 e. The van der Waals surface area contributed by atoms with Gasteiger partial charge in [-0.3, -0.25) is 0 Å². The molecule has 0 bridgehead atoms. The Labute approximate surface area is 113 Å². The zero-order valence-electron chi connectivity index (χ0n) is 11.3. The molecule has 1 aromatic carbocycles. The Hall–Kier alpha value is -1.10. The Morgan fingerprint density at radius 2 is 1.68 bits per heavy atom. The number of hydrogen-bond acceptors (Lipinski definition) is 3. The van der Waals surface area contributed by atoms with Crippen LogP contribution >= 0.6 is 0 Å². The molecule has 0 amide bonds. The highest BCUT2D eigenvalue weighted by molar-refractivity contribution is 7.92. The van der Waals surface area contributed by atoms with Gasteiger partial charge in [0, 0.05) is 5.69 Å². The van der Waals surface area contributed by atoms with E-state index in [2.05, 4.69) is 13.8 Å². The van der Waals surface area contributed by atoms with Gasteiger partial charge in [0.05, 0.1) is 10.1 Å². The van der Waals surface area contributed by atoms with Crippen molar-refractivity contribution >= 4 is 15.5 Å². The molecule has 0 saturated heterocycles. The first kappa shape index (κ1) is 14.3. The van der Waals surface area contributed by atoms with Crippen molar-refractivity contribution in [3.63, 3.8) is 0 Å². The fourth-order valence-corrected chi connectivity index (χ4v) is 5.19. The predicted molar refractivity (Wildman–Crippen MR) is 74.0 cm³/mol. The molecule has 1 saturated carbocycles. The summed E-state index contributed by atoms with van der Waals surface area (Å²) in [4.78, 5) is 0.0105. The maximum absolute atomic E-state index is 13.3. The first-order valence-corrected chi connectivity index (χ1v) is 8.13. The van der Waals surface area contributed by atoms with Crippen molar-refractivity contribution in [2.24, 2.45) is 11.8 Å². The van der Waals surface area contributed by atoms with Crippen LogP contribution in [0.1, 0.15) is 33.1 Å². The van der Waals surface area contributed by atoms with E-state index in [0.29, 0.717) is 24.7 Å². The van der Waals surface area contributed by atoms with Crippen molar-refractivity contribution in [3.8, 4) is 0 Å². The molecular formula is C14H20FNO2S. The summed E-state index contributed by atoms with van der Waals surface area (Å²) in [5.41, 5.74) is 5.68. The molecule has 19 heavy (non-hydrogen) atoms. The van der Waals surface area contributed by atoms with Crippen LogP contribution in [0.25, 0.3) is 0 Å². The molecule has 0 aromatic heterocycles. The van der Waals surface area contributed by atoms with Crippen LogP contribution in [0.5, 0.6) is 0 Å². The first-order chi connectivity index (χ1) is 8.79. The zero-order chi connectivity index (χ0) is 14.2. The largest absolute Gasteiger partial charge is 0.399 e. The third-order valence-electron chi connectivity index (χ3n) is 3.80. The van der Waals surface area contributed by atoms with Crippen LogP contribution in [0.3, 0.4) is 0 Å². The summed E-state index contributed by atoms with van der Waals surface area (Å²) in [7, 11) is -3.49. The molecule has 0 heterocycles. The minimum Gasteiger partial charge on any atom is -0.399 e. The summed E-state index contributed by atoms with van der Waals surface area (Å²) < 4.78 is 38.5. The SMILES string of the molecule is CC1CC(C)CC(S(=O)(=O)c2cc(N)cc(F)c2)C1. The van der Waals surface area contributed by atoms with E-state index in [4.69, 9.17) is 5.73 Å². The van der Waals surface area contributed by atoms with Crippen LogP contribution in [-0.4, -0.2) is 13.7 Å². The van der Waals surface area contributed by atoms with Gasteiger partial charge < -0.3 is 5.73 Å². The molecule has 0 aliphatic heterocycles. The number of anilines is 1. The molecule has 2 N–H and O–H groups in total. The van der Waals surface area contributed by atoms with Gasteiger partial charge in [-0.2, -0.15) is 0 Å². The van der Waals surface area contributed by atoms with E-state index in [1.807, 2.05) is 0 Å². The molecule has 0 radical (unpaired) electrons. The number of nitrogen functional groups attached to an aromatic ring is 1. The molecule has 1 aliphatic rings. The van der Waals surface area contributed by atoms with E-state index < -0.39 is 20.9 Å². The van der Waals surface area contributed by atoms with E-state index >= 15 is 0 Å². The molecule has 2 unspecified atom stereocenters. The lowest BCUT2D eigenvalue weighted by Crippen LogP contribution is -2.31. The Morgan fingerprint density at radius 1 is 1.11 bits per heavy atom. The predicted octanol–water partition coefficient (Wildman–Crippen LogP) is 3.01. The number of sulfone groups is 1. The molecule has 1 fully saturated rings. The molecule has 3 nitrogen and oxygen atoms in total.